The number of hydrogen-bond donors (Lipinski definition) is 2. The van der Waals surface area contributed by atoms with E-state index in [2.05, 4.69) is 10.4 Å². The molecule has 1 aromatic carbocycles. The summed E-state index contributed by atoms with van der Waals surface area (Å²) in [5.74, 6) is -0.210. The number of hydrogen-bond acceptors (Lipinski definition) is 4. The minimum absolute atomic E-state index is 0.269. The number of benzene rings is 1. The van der Waals surface area contributed by atoms with E-state index in [0.29, 0.717) is 6.54 Å². The number of nitrogens with one attached hydrogen (secondary N) is 1. The molecule has 2 N–H and O–H groups in total. The highest BCUT2D eigenvalue weighted by Gasteiger charge is 2.13. The molecule has 0 unspecified atom stereocenters. The highest BCUT2D eigenvalue weighted by atomic mass is 16.5. The van der Waals surface area contributed by atoms with Crippen molar-refractivity contribution in [2.24, 2.45) is 7.05 Å². The first-order valence-electron chi connectivity index (χ1n) is 6.16. The third-order valence-corrected chi connectivity index (χ3v) is 3.08. The number of aromatic nitrogens is 2. The summed E-state index contributed by atoms with van der Waals surface area (Å²) in [6, 6.07) is 6.61. The molecule has 0 amide bonds. The van der Waals surface area contributed by atoms with Gasteiger partial charge in [0.1, 0.15) is 0 Å². The Morgan fingerprint density at radius 2 is 2.05 bits per heavy atom. The SMILES string of the molecule is COc1c(CNc2ccc(C(=O)O)cc2)c(C)nn1C. The maximum atomic E-state index is 10.8. The number of aromatic carboxylic acids is 1. The van der Waals surface area contributed by atoms with Crippen LogP contribution in [0, 0.1) is 6.92 Å². The van der Waals surface area contributed by atoms with Crippen LogP contribution in [-0.4, -0.2) is 28.0 Å². The van der Waals surface area contributed by atoms with Gasteiger partial charge in [0.05, 0.1) is 23.9 Å². The number of ether oxygens (including phenoxy) is 1. The van der Waals surface area contributed by atoms with Crippen molar-refractivity contribution in [1.82, 2.24) is 9.78 Å². The fourth-order valence-corrected chi connectivity index (χ4v) is 2.06. The summed E-state index contributed by atoms with van der Waals surface area (Å²) in [4.78, 5) is 10.8. The zero-order valence-corrected chi connectivity index (χ0v) is 11.7. The summed E-state index contributed by atoms with van der Waals surface area (Å²) in [5.41, 5.74) is 3.00. The van der Waals surface area contributed by atoms with Gasteiger partial charge in [-0.15, -0.1) is 0 Å². The molecule has 2 aromatic rings. The first-order valence-corrected chi connectivity index (χ1v) is 6.16. The highest BCUT2D eigenvalue weighted by Crippen LogP contribution is 2.22. The molecule has 0 saturated heterocycles. The van der Waals surface area contributed by atoms with Gasteiger partial charge < -0.3 is 15.2 Å². The van der Waals surface area contributed by atoms with Gasteiger partial charge >= 0.3 is 5.97 Å². The van der Waals surface area contributed by atoms with E-state index >= 15 is 0 Å². The van der Waals surface area contributed by atoms with Gasteiger partial charge in [0.15, 0.2) is 0 Å². The molecule has 1 heterocycles. The van der Waals surface area contributed by atoms with Crippen molar-refractivity contribution in [2.45, 2.75) is 13.5 Å². The lowest BCUT2D eigenvalue weighted by Crippen LogP contribution is -2.03. The van der Waals surface area contributed by atoms with E-state index in [1.54, 1.807) is 36.1 Å². The van der Waals surface area contributed by atoms with E-state index in [1.807, 2.05) is 14.0 Å². The molecular weight excluding hydrogens is 258 g/mol. The van der Waals surface area contributed by atoms with Crippen LogP contribution < -0.4 is 10.1 Å². The number of carboxylic acid groups (broad SMARTS) is 1. The molecule has 0 saturated carbocycles. The molecular formula is C14H17N3O3. The second-order valence-corrected chi connectivity index (χ2v) is 4.43. The average molecular weight is 275 g/mol. The second-order valence-electron chi connectivity index (χ2n) is 4.43. The number of anilines is 1. The van der Waals surface area contributed by atoms with Crippen LogP contribution in [-0.2, 0) is 13.6 Å². The van der Waals surface area contributed by atoms with E-state index in [-0.39, 0.29) is 5.56 Å². The Morgan fingerprint density at radius 1 is 1.40 bits per heavy atom. The molecule has 1 aromatic heterocycles. The van der Waals surface area contributed by atoms with Crippen LogP contribution >= 0.6 is 0 Å². The quantitative estimate of drug-likeness (QED) is 0.873. The maximum absolute atomic E-state index is 10.8. The van der Waals surface area contributed by atoms with Crippen molar-refractivity contribution in [1.29, 1.82) is 0 Å². The molecule has 0 aliphatic heterocycles. The normalized spacial score (nSPS) is 10.3. The Bertz CT molecular complexity index is 617. The Labute approximate surface area is 117 Å². The molecule has 0 atom stereocenters. The molecule has 20 heavy (non-hydrogen) atoms. The smallest absolute Gasteiger partial charge is 0.335 e. The number of rotatable bonds is 5. The van der Waals surface area contributed by atoms with E-state index < -0.39 is 5.97 Å². The summed E-state index contributed by atoms with van der Waals surface area (Å²) in [6.07, 6.45) is 0. The van der Waals surface area contributed by atoms with E-state index in [0.717, 1.165) is 22.8 Å². The lowest BCUT2D eigenvalue weighted by atomic mass is 10.2. The van der Waals surface area contributed by atoms with E-state index in [9.17, 15) is 4.79 Å². The maximum Gasteiger partial charge on any atom is 0.335 e. The summed E-state index contributed by atoms with van der Waals surface area (Å²) in [5, 5.41) is 16.4. The summed E-state index contributed by atoms with van der Waals surface area (Å²) >= 11 is 0. The summed E-state index contributed by atoms with van der Waals surface area (Å²) in [7, 11) is 3.44. The number of carbonyl (C=O) groups is 1. The number of carboxylic acids is 1. The Kier molecular flexibility index (Phi) is 3.93. The number of nitrogens with zero attached hydrogens (tertiary/aromatic N) is 2. The minimum Gasteiger partial charge on any atom is -0.481 e. The van der Waals surface area contributed by atoms with Crippen LogP contribution in [0.5, 0.6) is 5.88 Å². The standard InChI is InChI=1S/C14H17N3O3/c1-9-12(13(20-3)17(2)16-9)8-15-11-6-4-10(5-7-11)14(18)19/h4-7,15H,8H2,1-3H3,(H,18,19). The van der Waals surface area contributed by atoms with Crippen LogP contribution in [0.1, 0.15) is 21.6 Å². The third kappa shape index (κ3) is 2.74. The lowest BCUT2D eigenvalue weighted by Gasteiger charge is -2.08. The minimum atomic E-state index is -0.929. The van der Waals surface area contributed by atoms with Gasteiger partial charge in [0.25, 0.3) is 0 Å². The third-order valence-electron chi connectivity index (χ3n) is 3.08. The van der Waals surface area contributed by atoms with Crippen LogP contribution in [0.4, 0.5) is 5.69 Å². The van der Waals surface area contributed by atoms with Gasteiger partial charge in [-0.1, -0.05) is 0 Å². The number of methoxy groups -OCH3 is 1. The van der Waals surface area contributed by atoms with Crippen LogP contribution in [0.2, 0.25) is 0 Å². The van der Waals surface area contributed by atoms with Gasteiger partial charge in [0, 0.05) is 19.3 Å². The second kappa shape index (κ2) is 5.64. The molecule has 0 aliphatic rings. The van der Waals surface area contributed by atoms with Crippen molar-refractivity contribution in [3.8, 4) is 5.88 Å². The molecule has 0 spiro atoms. The van der Waals surface area contributed by atoms with Gasteiger partial charge in [-0.25, -0.2) is 9.48 Å². The van der Waals surface area contributed by atoms with Crippen LogP contribution in [0.15, 0.2) is 24.3 Å². The van der Waals surface area contributed by atoms with Gasteiger partial charge in [-0.05, 0) is 31.2 Å². The zero-order chi connectivity index (χ0) is 14.7. The van der Waals surface area contributed by atoms with Crippen molar-refractivity contribution >= 4 is 11.7 Å². The summed E-state index contributed by atoms with van der Waals surface area (Å²) in [6.45, 7) is 2.49. The van der Waals surface area contributed by atoms with Crippen LogP contribution in [0.25, 0.3) is 0 Å². The van der Waals surface area contributed by atoms with Gasteiger partial charge in [0.2, 0.25) is 5.88 Å². The monoisotopic (exact) mass is 275 g/mol. The van der Waals surface area contributed by atoms with Crippen LogP contribution in [0.3, 0.4) is 0 Å². The predicted molar refractivity (Wildman–Crippen MR) is 75.2 cm³/mol. The Hall–Kier alpha value is -2.50. The molecule has 0 radical (unpaired) electrons. The van der Waals surface area contributed by atoms with E-state index in [1.165, 1.54) is 0 Å². The number of aryl methyl sites for hydroxylation is 2. The van der Waals surface area contributed by atoms with Gasteiger partial charge in [-0.3, -0.25) is 0 Å². The zero-order valence-electron chi connectivity index (χ0n) is 11.7. The first kappa shape index (κ1) is 13.9. The van der Waals surface area contributed by atoms with E-state index in [4.69, 9.17) is 9.84 Å². The molecule has 6 nitrogen and oxygen atoms in total. The fourth-order valence-electron chi connectivity index (χ4n) is 2.06. The molecule has 106 valence electrons. The van der Waals surface area contributed by atoms with Crippen molar-refractivity contribution in [2.75, 3.05) is 12.4 Å². The van der Waals surface area contributed by atoms with Crippen molar-refractivity contribution in [3.05, 3.63) is 41.1 Å². The lowest BCUT2D eigenvalue weighted by molar-refractivity contribution is 0.0697. The Balaban J connectivity index is 2.11. The highest BCUT2D eigenvalue weighted by molar-refractivity contribution is 5.87. The fraction of sp³-hybridized carbons (Fsp3) is 0.286. The topological polar surface area (TPSA) is 76.4 Å². The average Bonchev–Trinajstić information content (AvgIpc) is 2.70. The van der Waals surface area contributed by atoms with Crippen molar-refractivity contribution < 1.29 is 14.6 Å². The summed E-state index contributed by atoms with van der Waals surface area (Å²) < 4.78 is 7.01. The predicted octanol–water partition coefficient (Wildman–Crippen LogP) is 2.05. The molecule has 0 fully saturated rings. The first-order chi connectivity index (χ1) is 9.52. The molecule has 6 heteroatoms. The van der Waals surface area contributed by atoms with Gasteiger partial charge in [-0.2, -0.15) is 5.10 Å². The molecule has 0 bridgehead atoms. The molecule has 0 aliphatic carbocycles. The molecule has 2 rings (SSSR count). The van der Waals surface area contributed by atoms with Crippen molar-refractivity contribution in [3.63, 3.8) is 0 Å². The Morgan fingerprint density at radius 3 is 2.60 bits per heavy atom. The largest absolute Gasteiger partial charge is 0.481 e.